The summed E-state index contributed by atoms with van der Waals surface area (Å²) in [4.78, 5) is 0.215. The van der Waals surface area contributed by atoms with Crippen molar-refractivity contribution in [2.45, 2.75) is 24.2 Å². The lowest BCUT2D eigenvalue weighted by Gasteiger charge is -2.26. The second kappa shape index (κ2) is 9.09. The van der Waals surface area contributed by atoms with Gasteiger partial charge in [-0.1, -0.05) is 18.0 Å². The maximum Gasteiger partial charge on any atom is 0.243 e. The predicted molar refractivity (Wildman–Crippen MR) is 117 cm³/mol. The molecule has 2 aromatic carbocycles. The van der Waals surface area contributed by atoms with Crippen LogP contribution in [0.1, 0.15) is 19.3 Å². The molecule has 1 fully saturated rings. The third kappa shape index (κ3) is 4.94. The Hall–Kier alpha value is -1.87. The van der Waals surface area contributed by atoms with Gasteiger partial charge in [-0.3, -0.25) is 0 Å². The molecular formula is C19H22ClN3O3S2. The zero-order valence-corrected chi connectivity index (χ0v) is 17.8. The third-order valence-corrected chi connectivity index (χ3v) is 6.82. The molecule has 2 N–H and O–H groups in total. The lowest BCUT2D eigenvalue weighted by molar-refractivity contribution is 0.346. The van der Waals surface area contributed by atoms with Crippen LogP contribution in [0.3, 0.4) is 0 Å². The Balaban J connectivity index is 1.80. The van der Waals surface area contributed by atoms with Crippen molar-refractivity contribution in [1.29, 1.82) is 0 Å². The summed E-state index contributed by atoms with van der Waals surface area (Å²) >= 11 is 11.2. The van der Waals surface area contributed by atoms with E-state index in [0.29, 0.717) is 34.7 Å². The zero-order valence-electron chi connectivity index (χ0n) is 15.4. The molecule has 0 spiro atoms. The number of methoxy groups -OCH3 is 1. The normalized spacial score (nSPS) is 15.1. The fourth-order valence-electron chi connectivity index (χ4n) is 3.02. The van der Waals surface area contributed by atoms with Crippen LogP contribution >= 0.6 is 23.8 Å². The van der Waals surface area contributed by atoms with E-state index in [-0.39, 0.29) is 4.90 Å². The summed E-state index contributed by atoms with van der Waals surface area (Å²) in [7, 11) is -2.03. The Labute approximate surface area is 175 Å². The largest absolute Gasteiger partial charge is 0.495 e. The van der Waals surface area contributed by atoms with E-state index >= 15 is 0 Å². The molecule has 6 nitrogen and oxygen atoms in total. The Morgan fingerprint density at radius 1 is 1.07 bits per heavy atom. The van der Waals surface area contributed by atoms with Gasteiger partial charge in [0.05, 0.1) is 17.7 Å². The quantitative estimate of drug-likeness (QED) is 0.675. The molecule has 0 amide bonds. The summed E-state index contributed by atoms with van der Waals surface area (Å²) in [6, 6.07) is 11.8. The Kier molecular flexibility index (Phi) is 6.77. The molecule has 1 saturated heterocycles. The van der Waals surface area contributed by atoms with Crippen LogP contribution in [0, 0.1) is 0 Å². The van der Waals surface area contributed by atoms with Gasteiger partial charge in [0.25, 0.3) is 0 Å². The van der Waals surface area contributed by atoms with Crippen molar-refractivity contribution in [2.75, 3.05) is 30.8 Å². The summed E-state index contributed by atoms with van der Waals surface area (Å²) in [6.45, 7) is 1.10. The minimum atomic E-state index is -3.55. The molecule has 2 aromatic rings. The number of sulfonamides is 1. The molecule has 0 saturated carbocycles. The van der Waals surface area contributed by atoms with E-state index in [9.17, 15) is 8.42 Å². The van der Waals surface area contributed by atoms with Crippen LogP contribution in [0.15, 0.2) is 47.4 Å². The number of nitrogens with zero attached hydrogens (tertiary/aromatic N) is 1. The van der Waals surface area contributed by atoms with Crippen molar-refractivity contribution < 1.29 is 13.2 Å². The Morgan fingerprint density at radius 2 is 1.75 bits per heavy atom. The van der Waals surface area contributed by atoms with Crippen molar-refractivity contribution in [3.8, 4) is 5.75 Å². The van der Waals surface area contributed by atoms with Gasteiger partial charge in [-0.05, 0) is 67.5 Å². The molecular weight excluding hydrogens is 418 g/mol. The van der Waals surface area contributed by atoms with Gasteiger partial charge in [-0.15, -0.1) is 0 Å². The van der Waals surface area contributed by atoms with Crippen LogP contribution in [-0.4, -0.2) is 38.0 Å². The lowest BCUT2D eigenvalue weighted by Crippen LogP contribution is -2.35. The van der Waals surface area contributed by atoms with Gasteiger partial charge >= 0.3 is 0 Å². The molecule has 0 aromatic heterocycles. The van der Waals surface area contributed by atoms with Crippen molar-refractivity contribution in [1.82, 2.24) is 4.31 Å². The van der Waals surface area contributed by atoms with E-state index in [0.717, 1.165) is 24.9 Å². The Bertz CT molecular complexity index is 943. The van der Waals surface area contributed by atoms with Crippen LogP contribution in [-0.2, 0) is 10.0 Å². The first-order valence-corrected chi connectivity index (χ1v) is 11.1. The molecule has 0 aliphatic carbocycles. The Morgan fingerprint density at radius 3 is 2.39 bits per heavy atom. The second-order valence-corrected chi connectivity index (χ2v) is 9.20. The fourth-order valence-corrected chi connectivity index (χ4v) is 4.92. The number of halogens is 1. The van der Waals surface area contributed by atoms with Crippen molar-refractivity contribution >= 4 is 50.3 Å². The first kappa shape index (κ1) is 20.9. The number of nitrogens with one attached hydrogen (secondary N) is 2. The van der Waals surface area contributed by atoms with Gasteiger partial charge in [-0.25, -0.2) is 8.42 Å². The zero-order chi connectivity index (χ0) is 20.1. The van der Waals surface area contributed by atoms with Gasteiger partial charge in [0.15, 0.2) is 5.11 Å². The highest BCUT2D eigenvalue weighted by Crippen LogP contribution is 2.30. The van der Waals surface area contributed by atoms with E-state index in [4.69, 9.17) is 28.6 Å². The minimum Gasteiger partial charge on any atom is -0.495 e. The minimum absolute atomic E-state index is 0.215. The predicted octanol–water partition coefficient (Wildman–Crippen LogP) is 4.33. The highest BCUT2D eigenvalue weighted by molar-refractivity contribution is 7.89. The number of benzene rings is 2. The summed E-state index contributed by atoms with van der Waals surface area (Å²) in [5.74, 6) is 0.498. The molecule has 0 unspecified atom stereocenters. The third-order valence-electron chi connectivity index (χ3n) is 4.47. The first-order chi connectivity index (χ1) is 13.4. The average Bonchev–Trinajstić information content (AvgIpc) is 2.70. The van der Waals surface area contributed by atoms with Crippen LogP contribution in [0.2, 0.25) is 5.02 Å². The molecule has 1 aliphatic heterocycles. The van der Waals surface area contributed by atoms with Gasteiger partial charge in [0.2, 0.25) is 10.0 Å². The van der Waals surface area contributed by atoms with Gasteiger partial charge < -0.3 is 15.4 Å². The highest BCUT2D eigenvalue weighted by Gasteiger charge is 2.26. The average molecular weight is 440 g/mol. The molecule has 1 aliphatic rings. The van der Waals surface area contributed by atoms with Crippen molar-refractivity contribution in [3.63, 3.8) is 0 Å². The molecule has 0 radical (unpaired) electrons. The van der Waals surface area contributed by atoms with Crippen LogP contribution in [0.25, 0.3) is 0 Å². The number of ether oxygens (including phenoxy) is 1. The number of hydrogen-bond donors (Lipinski definition) is 2. The van der Waals surface area contributed by atoms with Gasteiger partial charge in [0, 0.05) is 23.8 Å². The lowest BCUT2D eigenvalue weighted by atomic mass is 10.2. The number of hydrogen-bond acceptors (Lipinski definition) is 4. The summed E-state index contributed by atoms with van der Waals surface area (Å²) in [5.41, 5.74) is 1.24. The van der Waals surface area contributed by atoms with Gasteiger partial charge in [-0.2, -0.15) is 4.31 Å². The highest BCUT2D eigenvalue weighted by atomic mass is 35.5. The van der Waals surface area contributed by atoms with E-state index in [2.05, 4.69) is 10.6 Å². The molecule has 0 bridgehead atoms. The number of piperidine rings is 1. The number of anilines is 2. The standard InChI is InChI=1S/C19H22ClN3O3S2/c1-26-18-10-9-16(28(24,25)23-11-3-2-4-12-23)13-17(18)22-19(27)21-15-7-5-14(20)6-8-15/h5-10,13H,2-4,11-12H2,1H3,(H2,21,22,27). The number of rotatable bonds is 5. The second-order valence-electron chi connectivity index (χ2n) is 6.41. The van der Waals surface area contributed by atoms with Gasteiger partial charge in [0.1, 0.15) is 5.75 Å². The molecule has 3 rings (SSSR count). The van der Waals surface area contributed by atoms with E-state index in [1.54, 1.807) is 42.5 Å². The summed E-state index contributed by atoms with van der Waals surface area (Å²) in [6.07, 6.45) is 2.83. The van der Waals surface area contributed by atoms with E-state index in [1.165, 1.54) is 11.4 Å². The maximum atomic E-state index is 12.9. The molecule has 9 heteroatoms. The fraction of sp³-hybridized carbons (Fsp3) is 0.316. The van der Waals surface area contributed by atoms with E-state index < -0.39 is 10.0 Å². The molecule has 0 atom stereocenters. The SMILES string of the molecule is COc1ccc(S(=O)(=O)N2CCCCC2)cc1NC(=S)Nc1ccc(Cl)cc1. The topological polar surface area (TPSA) is 70.7 Å². The summed E-state index contributed by atoms with van der Waals surface area (Å²) < 4.78 is 32.8. The molecule has 150 valence electrons. The van der Waals surface area contributed by atoms with Crippen LogP contribution < -0.4 is 15.4 Å². The smallest absolute Gasteiger partial charge is 0.243 e. The van der Waals surface area contributed by atoms with Crippen molar-refractivity contribution in [2.24, 2.45) is 0 Å². The maximum absolute atomic E-state index is 12.9. The van der Waals surface area contributed by atoms with E-state index in [1.807, 2.05) is 0 Å². The first-order valence-electron chi connectivity index (χ1n) is 8.92. The molecule has 28 heavy (non-hydrogen) atoms. The van der Waals surface area contributed by atoms with Crippen molar-refractivity contribution in [3.05, 3.63) is 47.5 Å². The van der Waals surface area contributed by atoms with Crippen LogP contribution in [0.5, 0.6) is 5.75 Å². The molecule has 1 heterocycles. The summed E-state index contributed by atoms with van der Waals surface area (Å²) in [5, 5.41) is 7.00. The monoisotopic (exact) mass is 439 g/mol. The van der Waals surface area contributed by atoms with Crippen LogP contribution in [0.4, 0.5) is 11.4 Å². The number of thiocarbonyl (C=S) groups is 1.